The van der Waals surface area contributed by atoms with Gasteiger partial charge in [-0.15, -0.1) is 0 Å². The number of carbonyl (C=O) groups is 1. The molecule has 1 atom stereocenters. The number of nitrogens with zero attached hydrogens (tertiary/aromatic N) is 1. The molecule has 0 saturated carbocycles. The first-order valence-corrected chi connectivity index (χ1v) is 5.66. The van der Waals surface area contributed by atoms with Crippen molar-refractivity contribution < 1.29 is 4.79 Å². The summed E-state index contributed by atoms with van der Waals surface area (Å²) in [6.45, 7) is 0. The largest absolute Gasteiger partial charge is 0.350 e. The summed E-state index contributed by atoms with van der Waals surface area (Å²) in [6.07, 6.45) is 14.3. The van der Waals surface area contributed by atoms with Crippen molar-refractivity contribution in [3.63, 3.8) is 0 Å². The van der Waals surface area contributed by atoms with Crippen molar-refractivity contribution in [3.8, 4) is 0 Å². The predicted molar refractivity (Wildman–Crippen MR) is 64.0 cm³/mol. The Kier molecular flexibility index (Phi) is 3.08. The second kappa shape index (κ2) is 4.51. The number of primary amides is 1. The Bertz CT molecular complexity index is 370. The highest BCUT2D eigenvalue weighted by atomic mass is 16.2. The zero-order chi connectivity index (χ0) is 11.4. The first kappa shape index (κ1) is 10.9. The van der Waals surface area contributed by atoms with E-state index >= 15 is 0 Å². The number of hydrogen-bond donors (Lipinski definition) is 2. The minimum atomic E-state index is -0.609. The van der Waals surface area contributed by atoms with Crippen molar-refractivity contribution in [2.75, 3.05) is 0 Å². The molecule has 4 nitrogen and oxygen atoms in total. The molecular weight excluding hydrogens is 202 g/mol. The molecule has 0 aliphatic heterocycles. The van der Waals surface area contributed by atoms with Gasteiger partial charge in [-0.25, -0.2) is 10.2 Å². The monoisotopic (exact) mass is 219 g/mol. The SMILES string of the molecule is NC(=O)NN=C1C=CC2(CC=CCC2)CC1. The third-order valence-corrected chi connectivity index (χ3v) is 3.32. The molecule has 1 spiro atoms. The third-order valence-electron chi connectivity index (χ3n) is 3.32. The lowest BCUT2D eigenvalue weighted by Gasteiger charge is -2.34. The summed E-state index contributed by atoms with van der Waals surface area (Å²) in [5.74, 6) is 0. The van der Waals surface area contributed by atoms with Gasteiger partial charge in [0.15, 0.2) is 0 Å². The number of amides is 2. The molecule has 0 aromatic carbocycles. The van der Waals surface area contributed by atoms with Crippen LogP contribution in [0.4, 0.5) is 4.79 Å². The summed E-state index contributed by atoms with van der Waals surface area (Å²) >= 11 is 0. The van der Waals surface area contributed by atoms with Crippen LogP contribution in [0.25, 0.3) is 0 Å². The summed E-state index contributed by atoms with van der Waals surface area (Å²) in [6, 6.07) is -0.609. The molecular formula is C12H17N3O. The molecule has 3 N–H and O–H groups in total. The van der Waals surface area contributed by atoms with Gasteiger partial charge in [0.2, 0.25) is 0 Å². The normalized spacial score (nSPS) is 30.9. The number of carbonyl (C=O) groups excluding carboxylic acids is 1. The molecule has 2 rings (SSSR count). The van der Waals surface area contributed by atoms with E-state index < -0.39 is 6.03 Å². The minimum absolute atomic E-state index is 0.334. The summed E-state index contributed by atoms with van der Waals surface area (Å²) in [5.41, 5.74) is 8.46. The molecule has 16 heavy (non-hydrogen) atoms. The Morgan fingerprint density at radius 1 is 1.44 bits per heavy atom. The van der Waals surface area contributed by atoms with Crippen molar-refractivity contribution in [2.24, 2.45) is 16.3 Å². The van der Waals surface area contributed by atoms with Crippen LogP contribution in [-0.4, -0.2) is 11.7 Å². The molecule has 2 amide bonds. The quantitative estimate of drug-likeness (QED) is 0.514. The van der Waals surface area contributed by atoms with Gasteiger partial charge in [-0.05, 0) is 43.6 Å². The molecule has 0 aromatic heterocycles. The molecule has 0 heterocycles. The van der Waals surface area contributed by atoms with Crippen LogP contribution in [0.5, 0.6) is 0 Å². The van der Waals surface area contributed by atoms with Gasteiger partial charge in [-0.3, -0.25) is 0 Å². The molecule has 0 aromatic rings. The maximum absolute atomic E-state index is 10.5. The van der Waals surface area contributed by atoms with Gasteiger partial charge >= 0.3 is 6.03 Å². The van der Waals surface area contributed by atoms with E-state index in [1.807, 2.05) is 6.08 Å². The Hall–Kier alpha value is -1.58. The van der Waals surface area contributed by atoms with Crippen LogP contribution in [0, 0.1) is 5.41 Å². The van der Waals surface area contributed by atoms with E-state index in [1.165, 1.54) is 6.42 Å². The van der Waals surface area contributed by atoms with E-state index in [1.54, 1.807) is 0 Å². The van der Waals surface area contributed by atoms with Crippen LogP contribution < -0.4 is 11.2 Å². The number of rotatable bonds is 1. The molecule has 0 saturated heterocycles. The lowest BCUT2D eigenvalue weighted by molar-refractivity contribution is 0.249. The summed E-state index contributed by atoms with van der Waals surface area (Å²) < 4.78 is 0. The fraction of sp³-hybridized carbons (Fsp3) is 0.500. The topological polar surface area (TPSA) is 67.5 Å². The summed E-state index contributed by atoms with van der Waals surface area (Å²) in [4.78, 5) is 10.5. The number of hydrazone groups is 1. The van der Waals surface area contributed by atoms with Crippen LogP contribution in [-0.2, 0) is 0 Å². The van der Waals surface area contributed by atoms with E-state index in [2.05, 4.69) is 28.8 Å². The first-order chi connectivity index (χ1) is 7.70. The molecule has 1 unspecified atom stereocenters. The molecule has 0 fully saturated rings. The number of allylic oxidation sites excluding steroid dienone is 4. The first-order valence-electron chi connectivity index (χ1n) is 5.66. The maximum atomic E-state index is 10.5. The van der Waals surface area contributed by atoms with E-state index in [-0.39, 0.29) is 0 Å². The number of hydrogen-bond acceptors (Lipinski definition) is 2. The Balaban J connectivity index is 2.01. The minimum Gasteiger partial charge on any atom is -0.350 e. The fourth-order valence-corrected chi connectivity index (χ4v) is 2.32. The predicted octanol–water partition coefficient (Wildman–Crippen LogP) is 2.09. The Labute approximate surface area is 95.3 Å². The second-order valence-corrected chi connectivity index (χ2v) is 4.49. The molecule has 4 heteroatoms. The highest BCUT2D eigenvalue weighted by Crippen LogP contribution is 2.40. The molecule has 0 radical (unpaired) electrons. The van der Waals surface area contributed by atoms with Gasteiger partial charge in [0.1, 0.15) is 0 Å². The zero-order valence-corrected chi connectivity index (χ0v) is 9.28. The summed E-state index contributed by atoms with van der Waals surface area (Å²) in [5, 5.41) is 3.95. The van der Waals surface area contributed by atoms with E-state index in [0.29, 0.717) is 5.41 Å². The highest BCUT2D eigenvalue weighted by molar-refractivity contribution is 5.96. The highest BCUT2D eigenvalue weighted by Gasteiger charge is 2.29. The third kappa shape index (κ3) is 2.51. The lowest BCUT2D eigenvalue weighted by atomic mass is 9.71. The van der Waals surface area contributed by atoms with E-state index in [0.717, 1.165) is 31.4 Å². The molecule has 2 aliphatic carbocycles. The Morgan fingerprint density at radius 2 is 2.31 bits per heavy atom. The van der Waals surface area contributed by atoms with Gasteiger partial charge in [-0.1, -0.05) is 18.2 Å². The van der Waals surface area contributed by atoms with Crippen LogP contribution in [0.3, 0.4) is 0 Å². The standard InChI is InChI=1S/C12H17N3O/c13-11(16)15-14-10-4-8-12(9-5-10)6-2-1-3-7-12/h1-2,4,8H,3,5-7,9H2,(H3,13,15,16). The van der Waals surface area contributed by atoms with Crippen LogP contribution in [0.1, 0.15) is 32.1 Å². The van der Waals surface area contributed by atoms with Gasteiger partial charge < -0.3 is 5.73 Å². The van der Waals surface area contributed by atoms with E-state index in [9.17, 15) is 4.79 Å². The van der Waals surface area contributed by atoms with Crippen LogP contribution >= 0.6 is 0 Å². The van der Waals surface area contributed by atoms with Crippen molar-refractivity contribution in [1.82, 2.24) is 5.43 Å². The van der Waals surface area contributed by atoms with Gasteiger partial charge in [0, 0.05) is 0 Å². The average molecular weight is 219 g/mol. The number of urea groups is 1. The molecule has 2 aliphatic rings. The lowest BCUT2D eigenvalue weighted by Crippen LogP contribution is -2.28. The van der Waals surface area contributed by atoms with Gasteiger partial charge in [-0.2, -0.15) is 5.10 Å². The van der Waals surface area contributed by atoms with Crippen molar-refractivity contribution >= 4 is 11.7 Å². The fourth-order valence-electron chi connectivity index (χ4n) is 2.32. The van der Waals surface area contributed by atoms with Gasteiger partial charge in [0.05, 0.1) is 5.71 Å². The van der Waals surface area contributed by atoms with Crippen molar-refractivity contribution in [2.45, 2.75) is 32.1 Å². The maximum Gasteiger partial charge on any atom is 0.332 e. The average Bonchev–Trinajstić information content (AvgIpc) is 2.29. The summed E-state index contributed by atoms with van der Waals surface area (Å²) in [7, 11) is 0. The number of nitrogens with two attached hydrogens (primary N) is 1. The van der Waals surface area contributed by atoms with Gasteiger partial charge in [0.25, 0.3) is 0 Å². The zero-order valence-electron chi connectivity index (χ0n) is 9.28. The van der Waals surface area contributed by atoms with Crippen LogP contribution in [0.15, 0.2) is 29.4 Å². The van der Waals surface area contributed by atoms with Crippen molar-refractivity contribution in [1.29, 1.82) is 0 Å². The Morgan fingerprint density at radius 3 is 2.88 bits per heavy atom. The second-order valence-electron chi connectivity index (χ2n) is 4.49. The number of nitrogens with one attached hydrogen (secondary N) is 1. The molecule has 86 valence electrons. The van der Waals surface area contributed by atoms with Crippen LogP contribution in [0.2, 0.25) is 0 Å². The smallest absolute Gasteiger partial charge is 0.332 e. The van der Waals surface area contributed by atoms with Crippen molar-refractivity contribution in [3.05, 3.63) is 24.3 Å². The molecule has 0 bridgehead atoms. The van der Waals surface area contributed by atoms with E-state index in [4.69, 9.17) is 5.73 Å².